The highest BCUT2D eigenvalue weighted by atomic mass is 35.5. The highest BCUT2D eigenvalue weighted by Gasteiger charge is 2.62. The van der Waals surface area contributed by atoms with E-state index in [2.05, 4.69) is 10.5 Å². The summed E-state index contributed by atoms with van der Waals surface area (Å²) in [5.74, 6) is -0.251. The van der Waals surface area contributed by atoms with Crippen molar-refractivity contribution in [1.82, 2.24) is 5.32 Å². The molecule has 1 heterocycles. The van der Waals surface area contributed by atoms with Gasteiger partial charge in [-0.05, 0) is 47.9 Å². The fourth-order valence-electron chi connectivity index (χ4n) is 3.37. The summed E-state index contributed by atoms with van der Waals surface area (Å²) in [5.41, 5.74) is -0.761. The Balaban J connectivity index is 1.82. The molecule has 1 aliphatic rings. The Labute approximate surface area is 192 Å². The minimum Gasteiger partial charge on any atom is -0.374 e. The lowest BCUT2D eigenvalue weighted by Crippen LogP contribution is -2.42. The molecule has 0 saturated heterocycles. The molecule has 3 rings (SSSR count). The molecule has 0 radical (unpaired) electrons. The molecule has 0 aromatic heterocycles. The van der Waals surface area contributed by atoms with Crippen molar-refractivity contribution in [3.63, 3.8) is 0 Å². The average molecular weight is 484 g/mol. The number of amides is 1. The maximum atomic E-state index is 14.1. The summed E-state index contributed by atoms with van der Waals surface area (Å²) in [7, 11) is 0. The van der Waals surface area contributed by atoms with E-state index >= 15 is 0 Å². The molecule has 0 spiro atoms. The van der Waals surface area contributed by atoms with E-state index in [1.807, 2.05) is 6.07 Å². The maximum absolute atomic E-state index is 14.1. The van der Waals surface area contributed by atoms with Crippen LogP contribution in [0.5, 0.6) is 0 Å². The van der Waals surface area contributed by atoms with Gasteiger partial charge in [0.15, 0.2) is 0 Å². The molecule has 0 bridgehead atoms. The first kappa shape index (κ1) is 23.9. The normalized spacial score (nSPS) is 18.0. The van der Waals surface area contributed by atoms with Crippen LogP contribution in [0.2, 0.25) is 10.0 Å². The van der Waals surface area contributed by atoms with Crippen molar-refractivity contribution in [2.24, 2.45) is 5.16 Å². The third kappa shape index (κ3) is 5.00. The van der Waals surface area contributed by atoms with E-state index in [9.17, 15) is 18.0 Å². The van der Waals surface area contributed by atoms with Crippen LogP contribution in [0.15, 0.2) is 41.6 Å². The first-order valence-corrected chi connectivity index (χ1v) is 10.3. The summed E-state index contributed by atoms with van der Waals surface area (Å²) in [5, 5.41) is 15.1. The minimum absolute atomic E-state index is 0.0604. The Morgan fingerprint density at radius 1 is 1.25 bits per heavy atom. The number of aryl methyl sites for hydroxylation is 1. The number of alkyl halides is 3. The SMILES string of the molecule is Cc1cc(C2=NOC(c3cc(Cl)cc(Cl)c3)(C(F)(F)F)C2)ccc1CNC(=O)CCC#N. The molecule has 1 atom stereocenters. The number of nitrogens with one attached hydrogen (secondary N) is 1. The second kappa shape index (κ2) is 9.39. The van der Waals surface area contributed by atoms with Crippen molar-refractivity contribution in [3.05, 3.63) is 68.7 Å². The van der Waals surface area contributed by atoms with Crippen molar-refractivity contribution >= 4 is 34.8 Å². The number of hydrogen-bond acceptors (Lipinski definition) is 4. The summed E-state index contributed by atoms with van der Waals surface area (Å²) in [6, 6.07) is 10.6. The predicted molar refractivity (Wildman–Crippen MR) is 114 cm³/mol. The van der Waals surface area contributed by atoms with Gasteiger partial charge in [-0.3, -0.25) is 4.79 Å². The van der Waals surface area contributed by atoms with E-state index in [1.165, 1.54) is 18.2 Å². The Morgan fingerprint density at radius 2 is 1.94 bits per heavy atom. The number of rotatable bonds is 6. The van der Waals surface area contributed by atoms with Gasteiger partial charge in [0.2, 0.25) is 5.91 Å². The van der Waals surface area contributed by atoms with Crippen LogP contribution in [-0.2, 0) is 21.8 Å². The van der Waals surface area contributed by atoms with Crippen LogP contribution in [0.3, 0.4) is 0 Å². The van der Waals surface area contributed by atoms with Crippen LogP contribution >= 0.6 is 23.2 Å². The number of halogens is 5. The number of carbonyl (C=O) groups is 1. The Kier molecular flexibility index (Phi) is 7.01. The van der Waals surface area contributed by atoms with Gasteiger partial charge in [0.1, 0.15) is 0 Å². The van der Waals surface area contributed by atoms with Crippen LogP contribution in [0.1, 0.15) is 41.5 Å². The quantitative estimate of drug-likeness (QED) is 0.563. The standard InChI is InChI=1S/C22H18Cl2F3N3O2/c1-13-7-14(4-5-15(13)12-29-20(31)3-2-6-28)19-11-21(32-30-19,22(25,26)27)16-8-17(23)10-18(24)9-16/h4-5,7-10H,2-3,11-12H2,1H3,(H,29,31). The number of oxime groups is 1. The van der Waals surface area contributed by atoms with Crippen molar-refractivity contribution in [2.45, 2.75) is 44.5 Å². The molecule has 1 amide bonds. The Hall–Kier alpha value is -2.76. The predicted octanol–water partition coefficient (Wildman–Crippen LogP) is 5.80. The van der Waals surface area contributed by atoms with Gasteiger partial charge in [0.25, 0.3) is 5.60 Å². The molecule has 0 saturated carbocycles. The van der Waals surface area contributed by atoms with Crippen molar-refractivity contribution < 1.29 is 22.8 Å². The molecule has 10 heteroatoms. The number of hydrogen-bond donors (Lipinski definition) is 1. The molecular formula is C22H18Cl2F3N3O2. The van der Waals surface area contributed by atoms with Crippen molar-refractivity contribution in [2.75, 3.05) is 0 Å². The Bertz CT molecular complexity index is 1090. The summed E-state index contributed by atoms with van der Waals surface area (Å²) in [4.78, 5) is 16.7. The zero-order chi connectivity index (χ0) is 23.5. The molecule has 168 valence electrons. The molecule has 0 fully saturated rings. The highest BCUT2D eigenvalue weighted by molar-refractivity contribution is 6.34. The fraction of sp³-hybridized carbons (Fsp3) is 0.318. The van der Waals surface area contributed by atoms with E-state index in [0.717, 1.165) is 11.1 Å². The van der Waals surface area contributed by atoms with E-state index in [1.54, 1.807) is 25.1 Å². The van der Waals surface area contributed by atoms with Crippen LogP contribution in [0, 0.1) is 18.3 Å². The molecule has 2 aromatic carbocycles. The van der Waals surface area contributed by atoms with E-state index in [4.69, 9.17) is 33.3 Å². The van der Waals surface area contributed by atoms with E-state index < -0.39 is 18.2 Å². The Morgan fingerprint density at radius 3 is 2.53 bits per heavy atom. The molecule has 5 nitrogen and oxygen atoms in total. The number of nitrogens with zero attached hydrogens (tertiary/aromatic N) is 2. The van der Waals surface area contributed by atoms with Crippen LogP contribution in [0.4, 0.5) is 13.2 Å². The smallest absolute Gasteiger partial charge is 0.374 e. The van der Waals surface area contributed by atoms with Crippen LogP contribution < -0.4 is 5.32 Å². The van der Waals surface area contributed by atoms with Gasteiger partial charge in [-0.15, -0.1) is 0 Å². The number of carbonyl (C=O) groups excluding carboxylic acids is 1. The number of nitriles is 1. The molecule has 1 unspecified atom stereocenters. The van der Waals surface area contributed by atoms with Crippen LogP contribution in [0.25, 0.3) is 0 Å². The first-order chi connectivity index (χ1) is 15.1. The lowest BCUT2D eigenvalue weighted by atomic mass is 9.86. The second-order valence-corrected chi connectivity index (χ2v) is 8.24. The van der Waals surface area contributed by atoms with Gasteiger partial charge in [-0.2, -0.15) is 18.4 Å². The monoisotopic (exact) mass is 483 g/mol. The molecular weight excluding hydrogens is 466 g/mol. The average Bonchev–Trinajstić information content (AvgIpc) is 3.17. The minimum atomic E-state index is -4.77. The summed E-state index contributed by atoms with van der Waals surface area (Å²) >= 11 is 11.8. The van der Waals surface area contributed by atoms with Crippen molar-refractivity contribution in [1.29, 1.82) is 5.26 Å². The van der Waals surface area contributed by atoms with E-state index in [0.29, 0.717) is 5.56 Å². The van der Waals surface area contributed by atoms with Gasteiger partial charge in [0, 0.05) is 41.4 Å². The second-order valence-electron chi connectivity index (χ2n) is 7.37. The van der Waals surface area contributed by atoms with Crippen molar-refractivity contribution in [3.8, 4) is 6.07 Å². The summed E-state index contributed by atoms with van der Waals surface area (Å²) in [6.45, 7) is 2.03. The van der Waals surface area contributed by atoms with Gasteiger partial charge < -0.3 is 10.2 Å². The van der Waals surface area contributed by atoms with Gasteiger partial charge in [0.05, 0.1) is 11.8 Å². The zero-order valence-corrected chi connectivity index (χ0v) is 18.4. The number of benzene rings is 2. The lowest BCUT2D eigenvalue weighted by molar-refractivity contribution is -0.275. The fourth-order valence-corrected chi connectivity index (χ4v) is 3.90. The highest BCUT2D eigenvalue weighted by Crippen LogP contribution is 2.49. The van der Waals surface area contributed by atoms with E-state index in [-0.39, 0.29) is 46.6 Å². The summed E-state index contributed by atoms with van der Waals surface area (Å²) < 4.78 is 42.4. The topological polar surface area (TPSA) is 74.5 Å². The molecule has 32 heavy (non-hydrogen) atoms. The van der Waals surface area contributed by atoms with Gasteiger partial charge in [-0.1, -0.05) is 40.5 Å². The molecule has 1 N–H and O–H groups in total. The van der Waals surface area contributed by atoms with Crippen LogP contribution in [-0.4, -0.2) is 17.8 Å². The van der Waals surface area contributed by atoms with Gasteiger partial charge in [-0.25, -0.2) is 0 Å². The van der Waals surface area contributed by atoms with Gasteiger partial charge >= 0.3 is 6.18 Å². The third-order valence-electron chi connectivity index (χ3n) is 5.13. The maximum Gasteiger partial charge on any atom is 0.435 e. The first-order valence-electron chi connectivity index (χ1n) is 9.57. The molecule has 2 aromatic rings. The third-order valence-corrected chi connectivity index (χ3v) is 5.57. The molecule has 1 aliphatic heterocycles. The summed E-state index contributed by atoms with van der Waals surface area (Å²) in [6.07, 6.45) is -5.08. The lowest BCUT2D eigenvalue weighted by Gasteiger charge is -2.29. The zero-order valence-electron chi connectivity index (χ0n) is 16.9. The molecule has 0 aliphatic carbocycles. The largest absolute Gasteiger partial charge is 0.435 e.